The van der Waals surface area contributed by atoms with Gasteiger partial charge in [-0.1, -0.05) is 13.0 Å². The van der Waals surface area contributed by atoms with E-state index in [0.717, 1.165) is 19.0 Å². The largest absolute Gasteiger partial charge is 0.465 e. The van der Waals surface area contributed by atoms with Gasteiger partial charge in [0.15, 0.2) is 0 Å². The number of piperidine rings is 1. The smallest absolute Gasteiger partial charge is 0.337 e. The summed E-state index contributed by atoms with van der Waals surface area (Å²) < 4.78 is 4.69. The number of carbonyl (C=O) groups excluding carboxylic acids is 2. The number of hydrogen-bond acceptors (Lipinski definition) is 5. The van der Waals surface area contributed by atoms with E-state index in [4.69, 9.17) is 0 Å². The van der Waals surface area contributed by atoms with Crippen LogP contribution in [0, 0.1) is 5.92 Å². The van der Waals surface area contributed by atoms with Gasteiger partial charge in [0.25, 0.3) is 5.91 Å². The SMILES string of the molecule is COC(=O)c1ccc(C(=O)NC[C@H](c2cccs2)N2CCC(C)CC2)cc1. The first-order chi connectivity index (χ1) is 13.1. The number of ether oxygens (including phenoxy) is 1. The van der Waals surface area contributed by atoms with Crippen LogP contribution >= 0.6 is 11.3 Å². The third-order valence-corrected chi connectivity index (χ3v) is 6.13. The fourth-order valence-corrected chi connectivity index (χ4v) is 4.26. The summed E-state index contributed by atoms with van der Waals surface area (Å²) in [6.07, 6.45) is 2.40. The number of carbonyl (C=O) groups is 2. The zero-order chi connectivity index (χ0) is 19.2. The molecule has 2 aromatic rings. The van der Waals surface area contributed by atoms with Crippen molar-refractivity contribution < 1.29 is 14.3 Å². The van der Waals surface area contributed by atoms with Gasteiger partial charge < -0.3 is 10.1 Å². The number of nitrogens with one attached hydrogen (secondary N) is 1. The topological polar surface area (TPSA) is 58.6 Å². The van der Waals surface area contributed by atoms with Crippen LogP contribution in [0.5, 0.6) is 0 Å². The summed E-state index contributed by atoms with van der Waals surface area (Å²) in [6, 6.07) is 11.0. The van der Waals surface area contributed by atoms with Gasteiger partial charge in [0, 0.05) is 17.0 Å². The molecule has 1 aromatic carbocycles. The lowest BCUT2D eigenvalue weighted by atomic mass is 9.97. The summed E-state index contributed by atoms with van der Waals surface area (Å²) in [5, 5.41) is 5.15. The molecule has 3 rings (SSSR count). The molecule has 0 radical (unpaired) electrons. The van der Waals surface area contributed by atoms with E-state index in [0.29, 0.717) is 17.7 Å². The van der Waals surface area contributed by atoms with Crippen LogP contribution in [0.3, 0.4) is 0 Å². The van der Waals surface area contributed by atoms with Crippen LogP contribution in [0.2, 0.25) is 0 Å². The lowest BCUT2D eigenvalue weighted by Crippen LogP contribution is -2.41. The van der Waals surface area contributed by atoms with E-state index in [1.165, 1.54) is 24.8 Å². The van der Waals surface area contributed by atoms with E-state index >= 15 is 0 Å². The van der Waals surface area contributed by atoms with Crippen molar-refractivity contribution >= 4 is 23.2 Å². The molecule has 1 N–H and O–H groups in total. The first-order valence-corrected chi connectivity index (χ1v) is 10.2. The molecule has 5 nitrogen and oxygen atoms in total. The maximum absolute atomic E-state index is 12.6. The van der Waals surface area contributed by atoms with Crippen molar-refractivity contribution in [1.82, 2.24) is 10.2 Å². The molecule has 6 heteroatoms. The summed E-state index contributed by atoms with van der Waals surface area (Å²) in [5.74, 6) is 0.241. The maximum atomic E-state index is 12.6. The molecule has 1 aromatic heterocycles. The van der Waals surface area contributed by atoms with Gasteiger partial charge in [-0.3, -0.25) is 9.69 Å². The van der Waals surface area contributed by atoms with Gasteiger partial charge in [-0.2, -0.15) is 0 Å². The number of hydrogen-bond donors (Lipinski definition) is 1. The molecule has 1 atom stereocenters. The standard InChI is InChI=1S/C21H26N2O3S/c1-15-9-11-23(12-10-15)18(19-4-3-13-27-19)14-22-20(24)16-5-7-17(8-6-16)21(25)26-2/h3-8,13,15,18H,9-12,14H2,1-2H3,(H,22,24)/t18-/m1/s1. The Labute approximate surface area is 164 Å². The van der Waals surface area contributed by atoms with Gasteiger partial charge in [0.2, 0.25) is 0 Å². The number of rotatable bonds is 6. The van der Waals surface area contributed by atoms with Crippen molar-refractivity contribution in [2.75, 3.05) is 26.7 Å². The van der Waals surface area contributed by atoms with Crippen molar-refractivity contribution in [1.29, 1.82) is 0 Å². The Balaban J connectivity index is 1.64. The van der Waals surface area contributed by atoms with Crippen LogP contribution in [-0.4, -0.2) is 43.5 Å². The van der Waals surface area contributed by atoms with E-state index in [1.807, 2.05) is 0 Å². The Hall–Kier alpha value is -2.18. The van der Waals surface area contributed by atoms with Crippen molar-refractivity contribution in [2.45, 2.75) is 25.8 Å². The first-order valence-electron chi connectivity index (χ1n) is 9.32. The number of likely N-dealkylation sites (tertiary alicyclic amines) is 1. The first kappa shape index (κ1) is 19.6. The predicted molar refractivity (Wildman–Crippen MR) is 107 cm³/mol. The van der Waals surface area contributed by atoms with Gasteiger partial charge in [-0.05, 0) is 67.6 Å². The molecule has 1 fully saturated rings. The lowest BCUT2D eigenvalue weighted by Gasteiger charge is -2.36. The van der Waals surface area contributed by atoms with Gasteiger partial charge >= 0.3 is 5.97 Å². The Morgan fingerprint density at radius 1 is 1.19 bits per heavy atom. The molecule has 0 bridgehead atoms. The van der Waals surface area contributed by atoms with Gasteiger partial charge in [-0.25, -0.2) is 4.79 Å². The number of esters is 1. The highest BCUT2D eigenvalue weighted by Gasteiger charge is 2.25. The minimum Gasteiger partial charge on any atom is -0.465 e. The molecular formula is C21H26N2O3S. The molecule has 0 aliphatic carbocycles. The van der Waals surface area contributed by atoms with E-state index < -0.39 is 5.97 Å². The number of nitrogens with zero attached hydrogens (tertiary/aromatic N) is 1. The van der Waals surface area contributed by atoms with Gasteiger partial charge in [-0.15, -0.1) is 11.3 Å². The third-order valence-electron chi connectivity index (χ3n) is 5.15. The van der Waals surface area contributed by atoms with E-state index in [2.05, 4.69) is 39.4 Å². The molecule has 144 valence electrons. The van der Waals surface area contributed by atoms with Crippen LogP contribution in [0.25, 0.3) is 0 Å². The van der Waals surface area contributed by atoms with Crippen LogP contribution in [-0.2, 0) is 4.74 Å². The average Bonchev–Trinajstić information content (AvgIpc) is 3.23. The second-order valence-corrected chi connectivity index (χ2v) is 8.01. The molecule has 0 saturated carbocycles. The molecule has 0 spiro atoms. The van der Waals surface area contributed by atoms with Crippen molar-refractivity contribution in [3.8, 4) is 0 Å². The Morgan fingerprint density at radius 2 is 1.85 bits per heavy atom. The highest BCUT2D eigenvalue weighted by molar-refractivity contribution is 7.10. The summed E-state index contributed by atoms with van der Waals surface area (Å²) in [7, 11) is 1.34. The highest BCUT2D eigenvalue weighted by Crippen LogP contribution is 2.29. The van der Waals surface area contributed by atoms with E-state index in [-0.39, 0.29) is 11.9 Å². The normalized spacial score (nSPS) is 16.7. The highest BCUT2D eigenvalue weighted by atomic mass is 32.1. The molecule has 27 heavy (non-hydrogen) atoms. The minimum atomic E-state index is -0.404. The van der Waals surface area contributed by atoms with Crippen LogP contribution in [0.1, 0.15) is 51.4 Å². The third kappa shape index (κ3) is 4.96. The molecule has 1 amide bonds. The van der Waals surface area contributed by atoms with Crippen molar-refractivity contribution in [3.63, 3.8) is 0 Å². The number of amides is 1. The lowest BCUT2D eigenvalue weighted by molar-refractivity contribution is 0.0600. The second-order valence-electron chi connectivity index (χ2n) is 7.03. The number of methoxy groups -OCH3 is 1. The van der Waals surface area contributed by atoms with Crippen molar-refractivity contribution in [3.05, 3.63) is 57.8 Å². The maximum Gasteiger partial charge on any atom is 0.337 e. The summed E-state index contributed by atoms with van der Waals surface area (Å²) in [5.41, 5.74) is 0.979. The van der Waals surface area contributed by atoms with Crippen LogP contribution in [0.15, 0.2) is 41.8 Å². The fraction of sp³-hybridized carbons (Fsp3) is 0.429. The zero-order valence-electron chi connectivity index (χ0n) is 15.8. The predicted octanol–water partition coefficient (Wildman–Crippen LogP) is 3.74. The zero-order valence-corrected chi connectivity index (χ0v) is 16.6. The Bertz CT molecular complexity index is 750. The Kier molecular flexibility index (Phi) is 6.63. The van der Waals surface area contributed by atoms with Crippen molar-refractivity contribution in [2.24, 2.45) is 5.92 Å². The monoisotopic (exact) mass is 386 g/mol. The molecule has 1 aliphatic heterocycles. The average molecular weight is 387 g/mol. The molecular weight excluding hydrogens is 360 g/mol. The van der Waals surface area contributed by atoms with Gasteiger partial charge in [0.1, 0.15) is 0 Å². The fourth-order valence-electron chi connectivity index (χ4n) is 3.40. The van der Waals surface area contributed by atoms with Crippen LogP contribution in [0.4, 0.5) is 0 Å². The van der Waals surface area contributed by atoms with E-state index in [1.54, 1.807) is 35.6 Å². The van der Waals surface area contributed by atoms with E-state index in [9.17, 15) is 9.59 Å². The minimum absolute atomic E-state index is 0.127. The number of thiophene rings is 1. The molecule has 1 saturated heterocycles. The van der Waals surface area contributed by atoms with Crippen LogP contribution < -0.4 is 5.32 Å². The Morgan fingerprint density at radius 3 is 2.44 bits per heavy atom. The quantitative estimate of drug-likeness (QED) is 0.769. The number of benzene rings is 1. The molecule has 0 unspecified atom stereocenters. The second kappa shape index (κ2) is 9.15. The summed E-state index contributed by atoms with van der Waals surface area (Å²) in [6.45, 7) is 5.00. The summed E-state index contributed by atoms with van der Waals surface area (Å²) >= 11 is 1.74. The van der Waals surface area contributed by atoms with Gasteiger partial charge in [0.05, 0.1) is 18.7 Å². The summed E-state index contributed by atoms with van der Waals surface area (Å²) in [4.78, 5) is 27.8. The molecule has 1 aliphatic rings. The molecule has 2 heterocycles.